The molecule has 104 valence electrons. The molecule has 0 saturated carbocycles. The molecule has 2 aromatic carbocycles. The fourth-order valence-electron chi connectivity index (χ4n) is 2.82. The largest absolute Gasteiger partial charge is 0.292 e. The molecule has 1 aliphatic rings. The highest BCUT2D eigenvalue weighted by atomic mass is 16.2. The first-order valence-corrected chi connectivity index (χ1v) is 6.82. The number of imide groups is 1. The van der Waals surface area contributed by atoms with Gasteiger partial charge in [-0.1, -0.05) is 67.2 Å². The van der Waals surface area contributed by atoms with Crippen LogP contribution in [-0.4, -0.2) is 11.8 Å². The summed E-state index contributed by atoms with van der Waals surface area (Å²) in [4.78, 5) is 23.9. The maximum Gasteiger partial charge on any atom is 0.254 e. The van der Waals surface area contributed by atoms with Gasteiger partial charge in [0.15, 0.2) is 0 Å². The van der Waals surface area contributed by atoms with Crippen molar-refractivity contribution in [3.63, 3.8) is 0 Å². The molecule has 1 heterocycles. The van der Waals surface area contributed by atoms with Crippen LogP contribution in [0.3, 0.4) is 0 Å². The van der Waals surface area contributed by atoms with E-state index in [-0.39, 0.29) is 17.7 Å². The SMILES string of the molecule is C=C1C(=O)NC(=O)C1C(c1ccccc1)c1ccccc1. The average Bonchev–Trinajstić information content (AvgIpc) is 2.76. The molecule has 0 bridgehead atoms. The Labute approximate surface area is 123 Å². The lowest BCUT2D eigenvalue weighted by Gasteiger charge is -2.23. The molecule has 1 unspecified atom stereocenters. The van der Waals surface area contributed by atoms with E-state index < -0.39 is 5.92 Å². The summed E-state index contributed by atoms with van der Waals surface area (Å²) in [6.45, 7) is 3.81. The quantitative estimate of drug-likeness (QED) is 0.692. The number of hydrogen-bond acceptors (Lipinski definition) is 2. The predicted octanol–water partition coefficient (Wildman–Crippen LogP) is 2.65. The Hall–Kier alpha value is -2.68. The van der Waals surface area contributed by atoms with E-state index >= 15 is 0 Å². The number of rotatable bonds is 3. The van der Waals surface area contributed by atoms with E-state index in [9.17, 15) is 9.59 Å². The summed E-state index contributed by atoms with van der Waals surface area (Å²) in [5.74, 6) is -1.40. The van der Waals surface area contributed by atoms with Crippen LogP contribution in [0.25, 0.3) is 0 Å². The Morgan fingerprint density at radius 3 is 1.71 bits per heavy atom. The predicted molar refractivity (Wildman–Crippen MR) is 80.5 cm³/mol. The lowest BCUT2D eigenvalue weighted by molar-refractivity contribution is -0.125. The van der Waals surface area contributed by atoms with E-state index in [1.807, 2.05) is 60.7 Å². The summed E-state index contributed by atoms with van der Waals surface area (Å²) in [7, 11) is 0. The number of carbonyl (C=O) groups is 2. The molecular formula is C18H15NO2. The number of carbonyl (C=O) groups excluding carboxylic acids is 2. The third-order valence-corrected chi connectivity index (χ3v) is 3.84. The van der Waals surface area contributed by atoms with Crippen LogP contribution < -0.4 is 5.32 Å². The summed E-state index contributed by atoms with van der Waals surface area (Å²) in [6, 6.07) is 19.5. The molecule has 3 rings (SSSR count). The monoisotopic (exact) mass is 277 g/mol. The molecule has 2 amide bonds. The zero-order chi connectivity index (χ0) is 14.8. The van der Waals surface area contributed by atoms with Gasteiger partial charge >= 0.3 is 0 Å². The van der Waals surface area contributed by atoms with Crippen molar-refractivity contribution in [2.24, 2.45) is 5.92 Å². The fraction of sp³-hybridized carbons (Fsp3) is 0.111. The van der Waals surface area contributed by atoms with Crippen LogP contribution in [0, 0.1) is 5.92 Å². The van der Waals surface area contributed by atoms with Gasteiger partial charge in [0.25, 0.3) is 5.91 Å². The third kappa shape index (κ3) is 2.38. The van der Waals surface area contributed by atoms with Crippen LogP contribution in [0.5, 0.6) is 0 Å². The van der Waals surface area contributed by atoms with Gasteiger partial charge < -0.3 is 0 Å². The molecular weight excluding hydrogens is 262 g/mol. The Morgan fingerprint density at radius 2 is 1.33 bits per heavy atom. The van der Waals surface area contributed by atoms with Gasteiger partial charge in [-0.25, -0.2) is 0 Å². The second-order valence-corrected chi connectivity index (χ2v) is 5.12. The van der Waals surface area contributed by atoms with Crippen molar-refractivity contribution in [3.8, 4) is 0 Å². The summed E-state index contributed by atoms with van der Waals surface area (Å²) >= 11 is 0. The van der Waals surface area contributed by atoms with Crippen LogP contribution in [0.1, 0.15) is 17.0 Å². The Bertz CT molecular complexity index is 652. The molecule has 0 aromatic heterocycles. The zero-order valence-corrected chi connectivity index (χ0v) is 11.5. The van der Waals surface area contributed by atoms with Gasteiger partial charge in [-0.3, -0.25) is 14.9 Å². The second kappa shape index (κ2) is 5.37. The summed E-state index contributed by atoms with van der Waals surface area (Å²) in [5.41, 5.74) is 2.33. The lowest BCUT2D eigenvalue weighted by atomic mass is 9.78. The van der Waals surface area contributed by atoms with Gasteiger partial charge in [-0.15, -0.1) is 0 Å². The Morgan fingerprint density at radius 1 is 0.857 bits per heavy atom. The van der Waals surface area contributed by atoms with Gasteiger partial charge in [0.1, 0.15) is 0 Å². The average molecular weight is 277 g/mol. The molecule has 1 N–H and O–H groups in total. The maximum atomic E-state index is 12.2. The number of hydrogen-bond donors (Lipinski definition) is 1. The molecule has 21 heavy (non-hydrogen) atoms. The van der Waals surface area contributed by atoms with E-state index in [0.29, 0.717) is 5.57 Å². The van der Waals surface area contributed by atoms with Gasteiger partial charge in [-0.05, 0) is 11.1 Å². The summed E-state index contributed by atoms with van der Waals surface area (Å²) in [6.07, 6.45) is 0. The third-order valence-electron chi connectivity index (χ3n) is 3.84. The maximum absolute atomic E-state index is 12.2. The highest BCUT2D eigenvalue weighted by Crippen LogP contribution is 2.38. The summed E-state index contributed by atoms with van der Waals surface area (Å²) in [5, 5.41) is 2.36. The van der Waals surface area contributed by atoms with Crippen molar-refractivity contribution in [3.05, 3.63) is 83.9 Å². The minimum atomic E-state index is -0.553. The molecule has 1 saturated heterocycles. The molecule has 0 radical (unpaired) electrons. The first kappa shape index (κ1) is 13.3. The minimum Gasteiger partial charge on any atom is -0.292 e. The molecule has 0 spiro atoms. The van der Waals surface area contributed by atoms with Gasteiger partial charge in [-0.2, -0.15) is 0 Å². The molecule has 3 heteroatoms. The standard InChI is InChI=1S/C18H15NO2/c1-12-15(18(21)19-17(12)20)16(13-8-4-2-5-9-13)14-10-6-3-7-11-14/h2-11,15-16H,1H2,(H,19,20,21). The van der Waals surface area contributed by atoms with Crippen molar-refractivity contribution in [2.75, 3.05) is 0 Å². The van der Waals surface area contributed by atoms with E-state index in [4.69, 9.17) is 0 Å². The van der Waals surface area contributed by atoms with E-state index in [1.54, 1.807) is 0 Å². The first-order chi connectivity index (χ1) is 10.2. The van der Waals surface area contributed by atoms with Crippen molar-refractivity contribution in [2.45, 2.75) is 5.92 Å². The van der Waals surface area contributed by atoms with E-state index in [0.717, 1.165) is 11.1 Å². The number of benzene rings is 2. The van der Waals surface area contributed by atoms with Crippen molar-refractivity contribution >= 4 is 11.8 Å². The van der Waals surface area contributed by atoms with Crippen LogP contribution in [-0.2, 0) is 9.59 Å². The van der Waals surface area contributed by atoms with Crippen LogP contribution in [0.4, 0.5) is 0 Å². The number of nitrogens with one attached hydrogen (secondary N) is 1. The molecule has 2 aromatic rings. The highest BCUT2D eigenvalue weighted by Gasteiger charge is 2.41. The first-order valence-electron chi connectivity index (χ1n) is 6.82. The van der Waals surface area contributed by atoms with Crippen molar-refractivity contribution in [1.29, 1.82) is 0 Å². The van der Waals surface area contributed by atoms with Crippen LogP contribution in [0.2, 0.25) is 0 Å². The summed E-state index contributed by atoms with van der Waals surface area (Å²) < 4.78 is 0. The Kier molecular flexibility index (Phi) is 3.40. The lowest BCUT2D eigenvalue weighted by Crippen LogP contribution is -2.25. The van der Waals surface area contributed by atoms with Crippen molar-refractivity contribution < 1.29 is 9.59 Å². The Balaban J connectivity index is 2.12. The van der Waals surface area contributed by atoms with Gasteiger partial charge in [0, 0.05) is 11.5 Å². The zero-order valence-electron chi connectivity index (χ0n) is 11.5. The van der Waals surface area contributed by atoms with Crippen LogP contribution >= 0.6 is 0 Å². The molecule has 1 fully saturated rings. The smallest absolute Gasteiger partial charge is 0.254 e. The second-order valence-electron chi connectivity index (χ2n) is 5.12. The topological polar surface area (TPSA) is 46.2 Å². The highest BCUT2D eigenvalue weighted by molar-refractivity contribution is 6.15. The minimum absolute atomic E-state index is 0.202. The van der Waals surface area contributed by atoms with E-state index in [1.165, 1.54) is 0 Å². The molecule has 1 aliphatic heterocycles. The van der Waals surface area contributed by atoms with Gasteiger partial charge in [0.2, 0.25) is 5.91 Å². The molecule has 0 aliphatic carbocycles. The molecule has 1 atom stereocenters. The van der Waals surface area contributed by atoms with Gasteiger partial charge in [0.05, 0.1) is 5.92 Å². The van der Waals surface area contributed by atoms with Crippen LogP contribution in [0.15, 0.2) is 72.8 Å². The normalized spacial score (nSPS) is 18.1. The molecule has 3 nitrogen and oxygen atoms in total. The fourth-order valence-corrected chi connectivity index (χ4v) is 2.82. The van der Waals surface area contributed by atoms with Crippen molar-refractivity contribution in [1.82, 2.24) is 5.32 Å². The van der Waals surface area contributed by atoms with E-state index in [2.05, 4.69) is 11.9 Å². The number of amides is 2.